The van der Waals surface area contributed by atoms with Crippen LogP contribution in [-0.2, 0) is 0 Å². The largest absolute Gasteiger partial charge is 0.393 e. The maximum atomic E-state index is 14.3. The van der Waals surface area contributed by atoms with Crippen molar-refractivity contribution in [1.82, 2.24) is 20.2 Å². The standard InChI is InChI=1S/C25H29F4N5O3S/c1-12-9-25(28,29)11-34(12)23(37)18-19(38-22(32-18)21(36)31-13-6-14(35)7-13)16-10-30-17(8-15(16)20(26)27)33-24(2)4-3-5-24/h8,10,12-14,20,35H,3-7,9,11H2,1-2H3,(H,30,33)(H,31,36)/t12-,13-,14-/m0/s1. The third-order valence-corrected chi connectivity index (χ3v) is 8.65. The zero-order chi connectivity index (χ0) is 27.4. The van der Waals surface area contributed by atoms with Crippen molar-refractivity contribution in [1.29, 1.82) is 0 Å². The van der Waals surface area contributed by atoms with Gasteiger partial charge in [-0.3, -0.25) is 9.59 Å². The summed E-state index contributed by atoms with van der Waals surface area (Å²) in [6.07, 6.45) is 0.737. The number of nitrogens with zero attached hydrogens (tertiary/aromatic N) is 3. The summed E-state index contributed by atoms with van der Waals surface area (Å²) in [6, 6.07) is 0.140. The first-order valence-electron chi connectivity index (χ1n) is 12.6. The Labute approximate surface area is 220 Å². The number of hydrogen-bond donors (Lipinski definition) is 3. The van der Waals surface area contributed by atoms with E-state index >= 15 is 0 Å². The first-order chi connectivity index (χ1) is 17.8. The summed E-state index contributed by atoms with van der Waals surface area (Å²) in [7, 11) is 0. The highest BCUT2D eigenvalue weighted by Crippen LogP contribution is 2.41. The molecule has 2 saturated carbocycles. The first kappa shape index (κ1) is 26.8. The van der Waals surface area contributed by atoms with E-state index in [4.69, 9.17) is 0 Å². The zero-order valence-electron chi connectivity index (χ0n) is 20.9. The fourth-order valence-corrected chi connectivity index (χ4v) is 6.16. The maximum Gasteiger partial charge on any atom is 0.280 e. The van der Waals surface area contributed by atoms with Gasteiger partial charge in [-0.1, -0.05) is 0 Å². The zero-order valence-corrected chi connectivity index (χ0v) is 21.8. The molecule has 0 unspecified atom stereocenters. The summed E-state index contributed by atoms with van der Waals surface area (Å²) in [5.41, 5.74) is -1.07. The third-order valence-electron chi connectivity index (χ3n) is 7.56. The summed E-state index contributed by atoms with van der Waals surface area (Å²) in [6.45, 7) is 2.63. The molecule has 206 valence electrons. The van der Waals surface area contributed by atoms with E-state index in [-0.39, 0.29) is 38.5 Å². The molecule has 0 aromatic carbocycles. The first-order valence-corrected chi connectivity index (χ1v) is 13.4. The Kier molecular flexibility index (Phi) is 6.87. The van der Waals surface area contributed by atoms with Crippen molar-refractivity contribution >= 4 is 29.0 Å². The van der Waals surface area contributed by atoms with Crippen LogP contribution in [-0.4, -0.2) is 68.0 Å². The van der Waals surface area contributed by atoms with Gasteiger partial charge in [0.05, 0.1) is 17.5 Å². The van der Waals surface area contributed by atoms with Crippen molar-refractivity contribution in [2.45, 2.75) is 88.4 Å². The number of carbonyl (C=O) groups excluding carboxylic acids is 2. The molecule has 2 aromatic rings. The molecule has 0 radical (unpaired) electrons. The fraction of sp³-hybridized carbons (Fsp3) is 0.600. The quantitative estimate of drug-likeness (QED) is 0.431. The van der Waals surface area contributed by atoms with Crippen LogP contribution in [0, 0.1) is 0 Å². The van der Waals surface area contributed by atoms with E-state index in [1.54, 1.807) is 0 Å². The highest BCUT2D eigenvalue weighted by Gasteiger charge is 2.46. The molecule has 1 saturated heterocycles. The van der Waals surface area contributed by atoms with Crippen LogP contribution in [0.2, 0.25) is 0 Å². The molecule has 38 heavy (non-hydrogen) atoms. The molecule has 2 aromatic heterocycles. The van der Waals surface area contributed by atoms with Crippen LogP contribution < -0.4 is 10.6 Å². The van der Waals surface area contributed by atoms with E-state index in [1.165, 1.54) is 19.2 Å². The molecular weight excluding hydrogens is 526 g/mol. The monoisotopic (exact) mass is 555 g/mol. The predicted octanol–water partition coefficient (Wildman–Crippen LogP) is 4.62. The van der Waals surface area contributed by atoms with Gasteiger partial charge in [0, 0.05) is 41.4 Å². The van der Waals surface area contributed by atoms with Crippen molar-refractivity contribution in [3.63, 3.8) is 0 Å². The smallest absolute Gasteiger partial charge is 0.280 e. The molecule has 2 amide bonds. The van der Waals surface area contributed by atoms with Crippen LogP contribution in [0.5, 0.6) is 0 Å². The molecule has 3 N–H and O–H groups in total. The second kappa shape index (κ2) is 9.74. The minimum absolute atomic E-state index is 0.0274. The van der Waals surface area contributed by atoms with E-state index in [1.807, 2.05) is 6.92 Å². The van der Waals surface area contributed by atoms with Crippen molar-refractivity contribution in [3.05, 3.63) is 28.5 Å². The van der Waals surface area contributed by atoms with Crippen molar-refractivity contribution in [2.75, 3.05) is 11.9 Å². The number of carbonyl (C=O) groups is 2. The number of aliphatic hydroxyl groups is 1. The lowest BCUT2D eigenvalue weighted by Gasteiger charge is -2.39. The second-order valence-electron chi connectivity index (χ2n) is 10.8. The number of aliphatic hydroxyl groups excluding tert-OH is 1. The number of rotatable bonds is 7. The van der Waals surface area contributed by atoms with Gasteiger partial charge in [-0.05, 0) is 52.0 Å². The van der Waals surface area contributed by atoms with Gasteiger partial charge in [0.25, 0.3) is 24.2 Å². The van der Waals surface area contributed by atoms with E-state index in [9.17, 15) is 32.3 Å². The van der Waals surface area contributed by atoms with Crippen molar-refractivity contribution in [3.8, 4) is 10.4 Å². The Morgan fingerprint density at radius 2 is 1.97 bits per heavy atom. The lowest BCUT2D eigenvalue weighted by molar-refractivity contribution is 0.0117. The van der Waals surface area contributed by atoms with Gasteiger partial charge in [-0.15, -0.1) is 11.3 Å². The van der Waals surface area contributed by atoms with Gasteiger partial charge in [0.15, 0.2) is 5.01 Å². The molecule has 1 aliphatic heterocycles. The lowest BCUT2D eigenvalue weighted by atomic mass is 9.78. The topological polar surface area (TPSA) is 107 Å². The van der Waals surface area contributed by atoms with Crippen LogP contribution in [0.1, 0.15) is 84.7 Å². The molecular formula is C25H29F4N5O3S. The summed E-state index contributed by atoms with van der Waals surface area (Å²) >= 11 is 0.738. The lowest BCUT2D eigenvalue weighted by Crippen LogP contribution is -2.46. The highest BCUT2D eigenvalue weighted by molar-refractivity contribution is 7.17. The number of alkyl halides is 4. The highest BCUT2D eigenvalue weighted by atomic mass is 32.1. The fourth-order valence-electron chi connectivity index (χ4n) is 5.17. The van der Waals surface area contributed by atoms with Crippen LogP contribution in [0.25, 0.3) is 10.4 Å². The molecule has 0 bridgehead atoms. The van der Waals surface area contributed by atoms with E-state index in [0.29, 0.717) is 12.8 Å². The van der Waals surface area contributed by atoms with Gasteiger partial charge in [-0.25, -0.2) is 27.5 Å². The van der Waals surface area contributed by atoms with E-state index < -0.39 is 54.8 Å². The number of halogens is 4. The Hall–Kier alpha value is -2.80. The molecule has 3 aliphatic rings. The van der Waals surface area contributed by atoms with Crippen LogP contribution >= 0.6 is 11.3 Å². The van der Waals surface area contributed by atoms with Crippen LogP contribution in [0.4, 0.5) is 23.4 Å². The van der Waals surface area contributed by atoms with Crippen LogP contribution in [0.3, 0.4) is 0 Å². The summed E-state index contributed by atoms with van der Waals surface area (Å²) in [5.74, 6) is -4.31. The molecule has 3 fully saturated rings. The number of anilines is 1. The molecule has 5 rings (SSSR count). The summed E-state index contributed by atoms with van der Waals surface area (Å²) in [5, 5.41) is 15.2. The molecule has 13 heteroatoms. The average Bonchev–Trinajstić information content (AvgIpc) is 3.36. The third kappa shape index (κ3) is 5.22. The predicted molar refractivity (Wildman–Crippen MR) is 133 cm³/mol. The Bertz CT molecular complexity index is 1250. The van der Waals surface area contributed by atoms with Crippen molar-refractivity contribution in [2.24, 2.45) is 0 Å². The number of hydrogen-bond acceptors (Lipinski definition) is 7. The molecule has 3 heterocycles. The van der Waals surface area contributed by atoms with Gasteiger partial charge in [0.1, 0.15) is 11.5 Å². The molecule has 8 nitrogen and oxygen atoms in total. The minimum atomic E-state index is -3.09. The Balaban J connectivity index is 1.53. The summed E-state index contributed by atoms with van der Waals surface area (Å²) < 4.78 is 56.7. The number of thiazole rings is 1. The number of likely N-dealkylation sites (tertiary alicyclic amines) is 1. The molecule has 1 atom stereocenters. The Morgan fingerprint density at radius 3 is 2.53 bits per heavy atom. The van der Waals surface area contributed by atoms with Gasteiger partial charge in [0.2, 0.25) is 0 Å². The minimum Gasteiger partial charge on any atom is -0.393 e. The van der Waals surface area contributed by atoms with Gasteiger partial charge in [-0.2, -0.15) is 0 Å². The van der Waals surface area contributed by atoms with E-state index in [0.717, 1.165) is 35.5 Å². The van der Waals surface area contributed by atoms with Crippen LogP contribution in [0.15, 0.2) is 12.3 Å². The van der Waals surface area contributed by atoms with Crippen molar-refractivity contribution < 1.29 is 32.3 Å². The number of nitrogens with one attached hydrogen (secondary N) is 2. The SMILES string of the molecule is C[C@H]1CC(F)(F)CN1C(=O)c1nc(C(=O)N[C@H]2C[C@H](O)C2)sc1-c1cnc(NC2(C)CCC2)cc1C(F)F. The number of aromatic nitrogens is 2. The van der Waals surface area contributed by atoms with E-state index in [2.05, 4.69) is 20.6 Å². The Morgan fingerprint density at radius 1 is 1.26 bits per heavy atom. The number of amides is 2. The average molecular weight is 556 g/mol. The van der Waals surface area contributed by atoms with Gasteiger partial charge < -0.3 is 20.6 Å². The molecule has 2 aliphatic carbocycles. The second-order valence-corrected chi connectivity index (χ2v) is 11.8. The normalized spacial score (nSPS) is 25.6. The summed E-state index contributed by atoms with van der Waals surface area (Å²) in [4.78, 5) is 35.7. The maximum absolute atomic E-state index is 14.3. The molecule has 0 spiro atoms. The number of pyridine rings is 1. The van der Waals surface area contributed by atoms with Gasteiger partial charge >= 0.3 is 0 Å².